The van der Waals surface area contributed by atoms with E-state index in [4.69, 9.17) is 0 Å². The Labute approximate surface area is 77.8 Å². The number of nitrogens with zero attached hydrogens (tertiary/aromatic N) is 1. The van der Waals surface area contributed by atoms with Gasteiger partial charge in [-0.2, -0.15) is 4.89 Å². The van der Waals surface area contributed by atoms with Crippen LogP contribution < -0.4 is 0 Å². The predicted octanol–water partition coefficient (Wildman–Crippen LogP) is 1.82. The van der Waals surface area contributed by atoms with Gasteiger partial charge in [-0.05, 0) is 24.0 Å². The summed E-state index contributed by atoms with van der Waals surface area (Å²) in [6.07, 6.45) is 0.366. The van der Waals surface area contributed by atoms with Gasteiger partial charge in [0.15, 0.2) is 5.60 Å². The number of nitro groups is 1. The van der Waals surface area contributed by atoms with E-state index in [9.17, 15) is 15.4 Å². The fraction of sp³-hybridized carbons (Fsp3) is 1.00. The summed E-state index contributed by atoms with van der Waals surface area (Å²) in [6, 6.07) is 0. The molecule has 77 valence electrons. The molecule has 0 rings (SSSR count). The van der Waals surface area contributed by atoms with Crippen LogP contribution in [0.3, 0.4) is 0 Å². The molecule has 0 N–H and O–H groups in total. The third-order valence-corrected chi connectivity index (χ3v) is 1.57. The van der Waals surface area contributed by atoms with Crippen LogP contribution in [0.25, 0.3) is 0 Å². The van der Waals surface area contributed by atoms with Crippen LogP contribution in [0, 0.1) is 15.5 Å². The van der Waals surface area contributed by atoms with Crippen LogP contribution in [0.15, 0.2) is 0 Å². The van der Waals surface area contributed by atoms with Crippen molar-refractivity contribution in [3.8, 4) is 0 Å². The first kappa shape index (κ1) is 12.3. The van der Waals surface area contributed by atoms with Crippen molar-refractivity contribution in [1.29, 1.82) is 0 Å². The van der Waals surface area contributed by atoms with E-state index in [-0.39, 0.29) is 5.41 Å². The van der Waals surface area contributed by atoms with Crippen molar-refractivity contribution in [1.82, 2.24) is 0 Å². The molecule has 0 aliphatic rings. The zero-order chi connectivity index (χ0) is 10.7. The molecule has 0 bridgehead atoms. The molecule has 0 fully saturated rings. The zero-order valence-corrected chi connectivity index (χ0v) is 8.49. The first-order valence-electron chi connectivity index (χ1n) is 4.11. The minimum atomic E-state index is -1.21. The van der Waals surface area contributed by atoms with E-state index in [1.54, 1.807) is 0 Å². The molecule has 0 aromatic rings. The highest BCUT2D eigenvalue weighted by molar-refractivity contribution is 4.79. The summed E-state index contributed by atoms with van der Waals surface area (Å²) >= 11 is 0. The Morgan fingerprint density at radius 2 is 1.77 bits per heavy atom. The molecule has 0 spiro atoms. The molecule has 0 aliphatic heterocycles. The van der Waals surface area contributed by atoms with Crippen molar-refractivity contribution in [2.75, 3.05) is 6.54 Å². The quantitative estimate of drug-likeness (QED) is 0.385. The van der Waals surface area contributed by atoms with Gasteiger partial charge < -0.3 is 0 Å². The van der Waals surface area contributed by atoms with Crippen LogP contribution in [-0.2, 0) is 10.1 Å². The van der Waals surface area contributed by atoms with E-state index >= 15 is 0 Å². The summed E-state index contributed by atoms with van der Waals surface area (Å²) in [7, 11) is 0. The maximum absolute atomic E-state index is 10.4. The van der Waals surface area contributed by atoms with Gasteiger partial charge in [0.1, 0.15) is 0 Å². The summed E-state index contributed by atoms with van der Waals surface area (Å²) in [6.45, 7) is 6.74. The average Bonchev–Trinajstić information content (AvgIpc) is 1.81. The lowest BCUT2D eigenvalue weighted by Crippen LogP contribution is -2.39. The van der Waals surface area contributed by atoms with Crippen molar-refractivity contribution in [2.45, 2.75) is 39.7 Å². The van der Waals surface area contributed by atoms with Crippen molar-refractivity contribution in [2.24, 2.45) is 5.41 Å². The topological polar surface area (TPSA) is 72.3 Å². The van der Waals surface area contributed by atoms with Gasteiger partial charge in [0.2, 0.25) is 6.54 Å². The average molecular weight is 190 g/mol. The Hall–Kier alpha value is -0.680. The molecule has 0 saturated heterocycles. The summed E-state index contributed by atoms with van der Waals surface area (Å²) in [5, 5.41) is 20.6. The maximum Gasteiger partial charge on any atom is 0.235 e. The van der Waals surface area contributed by atoms with Gasteiger partial charge in [0.05, 0.1) is 0 Å². The Bertz CT molecular complexity index is 187. The van der Waals surface area contributed by atoms with Crippen LogP contribution in [-0.4, -0.2) is 17.1 Å². The highest BCUT2D eigenvalue weighted by atomic mass is 17.1. The van der Waals surface area contributed by atoms with Gasteiger partial charge >= 0.3 is 0 Å². The van der Waals surface area contributed by atoms with Crippen LogP contribution in [0.2, 0.25) is 0 Å². The van der Waals surface area contributed by atoms with Crippen molar-refractivity contribution >= 4 is 0 Å². The van der Waals surface area contributed by atoms with Crippen LogP contribution in [0.1, 0.15) is 34.1 Å². The zero-order valence-electron chi connectivity index (χ0n) is 8.49. The van der Waals surface area contributed by atoms with Crippen molar-refractivity contribution < 1.29 is 15.1 Å². The van der Waals surface area contributed by atoms with Gasteiger partial charge in [-0.15, -0.1) is 0 Å². The fourth-order valence-electron chi connectivity index (χ4n) is 1.51. The SMILES string of the molecule is CC(C)(C)CC(C)(C[N+](=O)[O-])O[O]. The minimum Gasteiger partial charge on any atom is -0.264 e. The molecule has 0 aromatic heterocycles. The van der Waals surface area contributed by atoms with Gasteiger partial charge in [-0.25, -0.2) is 0 Å². The molecule has 0 aromatic carbocycles. The monoisotopic (exact) mass is 190 g/mol. The van der Waals surface area contributed by atoms with E-state index in [0.717, 1.165) is 0 Å². The highest BCUT2D eigenvalue weighted by Gasteiger charge is 2.37. The van der Waals surface area contributed by atoms with Gasteiger partial charge in [-0.3, -0.25) is 10.1 Å². The molecule has 13 heavy (non-hydrogen) atoms. The smallest absolute Gasteiger partial charge is 0.235 e. The van der Waals surface area contributed by atoms with Crippen molar-refractivity contribution in [3.63, 3.8) is 0 Å². The van der Waals surface area contributed by atoms with Gasteiger partial charge in [0, 0.05) is 4.92 Å². The van der Waals surface area contributed by atoms with E-state index < -0.39 is 17.1 Å². The van der Waals surface area contributed by atoms with E-state index in [1.807, 2.05) is 20.8 Å². The van der Waals surface area contributed by atoms with Crippen LogP contribution >= 0.6 is 0 Å². The predicted molar refractivity (Wildman–Crippen MR) is 46.1 cm³/mol. The summed E-state index contributed by atoms with van der Waals surface area (Å²) in [5.41, 5.74) is -1.36. The van der Waals surface area contributed by atoms with Crippen molar-refractivity contribution in [3.05, 3.63) is 10.1 Å². The molecule has 0 amide bonds. The second-order valence-electron chi connectivity index (χ2n) is 4.76. The Kier molecular flexibility index (Phi) is 3.81. The lowest BCUT2D eigenvalue weighted by molar-refractivity contribution is -0.526. The van der Waals surface area contributed by atoms with Gasteiger partial charge in [-0.1, -0.05) is 20.8 Å². The molecule has 5 nitrogen and oxygen atoms in total. The molecule has 1 atom stereocenters. The van der Waals surface area contributed by atoms with E-state index in [0.29, 0.717) is 6.42 Å². The third-order valence-electron chi connectivity index (χ3n) is 1.57. The fourth-order valence-corrected chi connectivity index (χ4v) is 1.51. The second kappa shape index (κ2) is 4.02. The van der Waals surface area contributed by atoms with Crippen LogP contribution in [0.5, 0.6) is 0 Å². The van der Waals surface area contributed by atoms with E-state index in [2.05, 4.69) is 4.89 Å². The standard InChI is InChI=1S/C8H16NO4/c1-7(2,3)5-8(4,13-12)6-9(10)11/h5-6H2,1-4H3. The van der Waals surface area contributed by atoms with Crippen LogP contribution in [0.4, 0.5) is 0 Å². The second-order valence-corrected chi connectivity index (χ2v) is 4.76. The number of rotatable bonds is 4. The highest BCUT2D eigenvalue weighted by Crippen LogP contribution is 2.29. The molecular formula is C8H16NO4. The lowest BCUT2D eigenvalue weighted by atomic mass is 9.83. The third kappa shape index (κ3) is 5.54. The maximum atomic E-state index is 10.4. The molecule has 0 heterocycles. The lowest BCUT2D eigenvalue weighted by Gasteiger charge is -2.28. The molecule has 1 radical (unpaired) electrons. The minimum absolute atomic E-state index is 0.158. The summed E-state index contributed by atoms with van der Waals surface area (Å²) in [4.78, 5) is 13.7. The normalized spacial score (nSPS) is 16.7. The summed E-state index contributed by atoms with van der Waals surface area (Å²) < 4.78 is 0. The first-order valence-corrected chi connectivity index (χ1v) is 4.11. The molecular weight excluding hydrogens is 174 g/mol. The molecule has 0 aliphatic carbocycles. The largest absolute Gasteiger partial charge is 0.264 e. The number of hydrogen-bond donors (Lipinski definition) is 0. The first-order chi connectivity index (χ1) is 5.68. The van der Waals surface area contributed by atoms with E-state index in [1.165, 1.54) is 6.92 Å². The Balaban J connectivity index is 4.36. The number of hydrogen-bond acceptors (Lipinski definition) is 3. The molecule has 5 heteroatoms. The Morgan fingerprint density at radius 3 is 2.00 bits per heavy atom. The Morgan fingerprint density at radius 1 is 1.31 bits per heavy atom. The summed E-state index contributed by atoms with van der Waals surface area (Å²) in [5.74, 6) is 0. The van der Waals surface area contributed by atoms with Gasteiger partial charge in [0.25, 0.3) is 0 Å². The molecule has 1 unspecified atom stereocenters. The molecule has 0 saturated carbocycles.